The van der Waals surface area contributed by atoms with Crippen LogP contribution in [0, 0.1) is 0 Å². The summed E-state index contributed by atoms with van der Waals surface area (Å²) in [5.41, 5.74) is 4.12. The summed E-state index contributed by atoms with van der Waals surface area (Å²) >= 11 is 0. The van der Waals surface area contributed by atoms with E-state index in [4.69, 9.17) is 4.74 Å². The van der Waals surface area contributed by atoms with Gasteiger partial charge in [-0.1, -0.05) is 48.5 Å². The quantitative estimate of drug-likeness (QED) is 0.531. The lowest BCUT2D eigenvalue weighted by atomic mass is 9.97. The molecule has 0 saturated heterocycles. The second kappa shape index (κ2) is 6.29. The third kappa shape index (κ3) is 2.70. The van der Waals surface area contributed by atoms with Crippen molar-refractivity contribution in [3.8, 4) is 17.0 Å². The first-order valence-corrected chi connectivity index (χ1v) is 8.13. The highest BCUT2D eigenvalue weighted by atomic mass is 16.5. The molecular formula is C22H17NO2. The van der Waals surface area contributed by atoms with E-state index in [1.807, 2.05) is 78.9 Å². The highest BCUT2D eigenvalue weighted by Gasteiger charge is 2.20. The van der Waals surface area contributed by atoms with Gasteiger partial charge in [0.15, 0.2) is 5.78 Å². The summed E-state index contributed by atoms with van der Waals surface area (Å²) in [5.74, 6) is 0.805. The Morgan fingerprint density at radius 2 is 1.52 bits per heavy atom. The predicted octanol–water partition coefficient (Wildman–Crippen LogP) is 5.07. The second-order valence-electron chi connectivity index (χ2n) is 5.84. The number of H-pyrrole nitrogens is 1. The fourth-order valence-electron chi connectivity index (χ4n) is 3.09. The Morgan fingerprint density at radius 1 is 0.840 bits per heavy atom. The lowest BCUT2D eigenvalue weighted by Gasteiger charge is -2.06. The maximum Gasteiger partial charge on any atom is 0.195 e. The smallest absolute Gasteiger partial charge is 0.195 e. The number of para-hydroxylation sites is 1. The van der Waals surface area contributed by atoms with Crippen molar-refractivity contribution in [2.24, 2.45) is 0 Å². The van der Waals surface area contributed by atoms with Crippen molar-refractivity contribution >= 4 is 16.7 Å². The Morgan fingerprint density at radius 3 is 2.24 bits per heavy atom. The number of methoxy groups -OCH3 is 1. The summed E-state index contributed by atoms with van der Waals surface area (Å²) in [5, 5.41) is 0.933. The van der Waals surface area contributed by atoms with Gasteiger partial charge in [-0.3, -0.25) is 4.79 Å². The van der Waals surface area contributed by atoms with Gasteiger partial charge in [0, 0.05) is 16.5 Å². The maximum absolute atomic E-state index is 13.2. The van der Waals surface area contributed by atoms with Crippen LogP contribution in [0.3, 0.4) is 0 Å². The first-order valence-electron chi connectivity index (χ1n) is 8.13. The predicted molar refractivity (Wildman–Crippen MR) is 100 cm³/mol. The molecular weight excluding hydrogens is 310 g/mol. The first kappa shape index (κ1) is 15.2. The molecule has 0 aliphatic heterocycles. The molecule has 0 aliphatic rings. The minimum Gasteiger partial charge on any atom is -0.497 e. The second-order valence-corrected chi connectivity index (χ2v) is 5.84. The zero-order chi connectivity index (χ0) is 17.2. The third-order valence-electron chi connectivity index (χ3n) is 4.35. The van der Waals surface area contributed by atoms with Crippen LogP contribution in [0.2, 0.25) is 0 Å². The Hall–Kier alpha value is -3.33. The Labute approximate surface area is 145 Å². The summed E-state index contributed by atoms with van der Waals surface area (Å²) in [4.78, 5) is 16.6. The van der Waals surface area contributed by atoms with Crippen molar-refractivity contribution in [2.45, 2.75) is 0 Å². The van der Waals surface area contributed by atoms with Gasteiger partial charge in [0.05, 0.1) is 18.4 Å². The highest BCUT2D eigenvalue weighted by molar-refractivity contribution is 6.20. The molecule has 0 saturated carbocycles. The van der Waals surface area contributed by atoms with Crippen LogP contribution >= 0.6 is 0 Å². The molecule has 25 heavy (non-hydrogen) atoms. The van der Waals surface area contributed by atoms with Crippen LogP contribution in [0.15, 0.2) is 78.9 Å². The molecule has 0 bridgehead atoms. The highest BCUT2D eigenvalue weighted by Crippen LogP contribution is 2.32. The van der Waals surface area contributed by atoms with E-state index in [0.29, 0.717) is 11.1 Å². The molecule has 0 amide bonds. The van der Waals surface area contributed by atoms with E-state index >= 15 is 0 Å². The topological polar surface area (TPSA) is 42.1 Å². The van der Waals surface area contributed by atoms with Gasteiger partial charge < -0.3 is 9.72 Å². The maximum atomic E-state index is 13.2. The number of hydrogen-bond donors (Lipinski definition) is 1. The molecule has 1 N–H and O–H groups in total. The number of carbonyl (C=O) groups excluding carboxylic acids is 1. The molecule has 0 radical (unpaired) electrons. The lowest BCUT2D eigenvalue weighted by Crippen LogP contribution is -2.02. The van der Waals surface area contributed by atoms with E-state index in [1.54, 1.807) is 7.11 Å². The average molecular weight is 327 g/mol. The fraction of sp³-hybridized carbons (Fsp3) is 0.0455. The fourth-order valence-corrected chi connectivity index (χ4v) is 3.09. The van der Waals surface area contributed by atoms with Crippen LogP contribution < -0.4 is 4.74 Å². The van der Waals surface area contributed by atoms with Crippen LogP contribution in [0.5, 0.6) is 5.75 Å². The minimum atomic E-state index is 0.0175. The number of carbonyl (C=O) groups is 1. The summed E-state index contributed by atoms with van der Waals surface area (Å²) in [7, 11) is 1.64. The van der Waals surface area contributed by atoms with E-state index in [2.05, 4.69) is 4.98 Å². The van der Waals surface area contributed by atoms with Crippen LogP contribution in [-0.4, -0.2) is 17.9 Å². The average Bonchev–Trinajstić information content (AvgIpc) is 3.07. The molecule has 0 aliphatic carbocycles. The Bertz CT molecular complexity index is 1030. The van der Waals surface area contributed by atoms with Gasteiger partial charge in [-0.15, -0.1) is 0 Å². The molecule has 1 aromatic heterocycles. The largest absolute Gasteiger partial charge is 0.497 e. The van der Waals surface area contributed by atoms with Crippen molar-refractivity contribution in [3.63, 3.8) is 0 Å². The number of ketones is 1. The zero-order valence-electron chi connectivity index (χ0n) is 13.8. The van der Waals surface area contributed by atoms with Gasteiger partial charge in [0.2, 0.25) is 0 Å². The van der Waals surface area contributed by atoms with Crippen molar-refractivity contribution < 1.29 is 9.53 Å². The number of rotatable bonds is 4. The summed E-state index contributed by atoms with van der Waals surface area (Å²) in [6.45, 7) is 0. The van der Waals surface area contributed by atoms with Crippen molar-refractivity contribution in [2.75, 3.05) is 7.11 Å². The Balaban J connectivity index is 1.93. The molecule has 3 aromatic carbocycles. The Kier molecular flexibility index (Phi) is 3.82. The summed E-state index contributed by atoms with van der Waals surface area (Å²) in [6, 6.07) is 25.0. The number of benzene rings is 3. The number of aromatic nitrogens is 1. The SMILES string of the molecule is COc1ccc(-c2[nH]c3ccccc3c2C(=O)c2ccccc2)cc1. The van der Waals surface area contributed by atoms with Gasteiger partial charge in [-0.05, 0) is 35.9 Å². The van der Waals surface area contributed by atoms with E-state index in [1.165, 1.54) is 0 Å². The number of fused-ring (bicyclic) bond motifs is 1. The number of aromatic amines is 1. The summed E-state index contributed by atoms with van der Waals surface area (Å²) < 4.78 is 5.23. The number of ether oxygens (including phenoxy) is 1. The molecule has 3 nitrogen and oxygen atoms in total. The van der Waals surface area contributed by atoms with Crippen molar-refractivity contribution in [3.05, 3.63) is 90.0 Å². The van der Waals surface area contributed by atoms with Gasteiger partial charge in [-0.2, -0.15) is 0 Å². The van der Waals surface area contributed by atoms with Crippen molar-refractivity contribution in [1.29, 1.82) is 0 Å². The van der Waals surface area contributed by atoms with Gasteiger partial charge in [0.25, 0.3) is 0 Å². The van der Waals surface area contributed by atoms with Crippen LogP contribution in [0.25, 0.3) is 22.2 Å². The van der Waals surface area contributed by atoms with E-state index in [9.17, 15) is 4.79 Å². The number of nitrogens with one attached hydrogen (secondary N) is 1. The molecule has 1 heterocycles. The standard InChI is InChI=1S/C22H17NO2/c1-25-17-13-11-15(12-14-17)21-20(18-9-5-6-10-19(18)23-21)22(24)16-7-3-2-4-8-16/h2-14,23H,1H3. The molecule has 4 aromatic rings. The lowest BCUT2D eigenvalue weighted by molar-refractivity contribution is 0.104. The number of hydrogen-bond acceptors (Lipinski definition) is 2. The third-order valence-corrected chi connectivity index (χ3v) is 4.35. The van der Waals surface area contributed by atoms with Crippen LogP contribution in [0.1, 0.15) is 15.9 Å². The first-order chi connectivity index (χ1) is 12.3. The monoisotopic (exact) mass is 327 g/mol. The molecule has 4 rings (SSSR count). The van der Waals surface area contributed by atoms with Crippen LogP contribution in [-0.2, 0) is 0 Å². The van der Waals surface area contributed by atoms with E-state index in [-0.39, 0.29) is 5.78 Å². The molecule has 0 atom stereocenters. The zero-order valence-corrected chi connectivity index (χ0v) is 13.8. The van der Waals surface area contributed by atoms with E-state index in [0.717, 1.165) is 27.9 Å². The minimum absolute atomic E-state index is 0.0175. The summed E-state index contributed by atoms with van der Waals surface area (Å²) in [6.07, 6.45) is 0. The van der Waals surface area contributed by atoms with Gasteiger partial charge in [-0.25, -0.2) is 0 Å². The molecule has 3 heteroatoms. The van der Waals surface area contributed by atoms with Gasteiger partial charge >= 0.3 is 0 Å². The van der Waals surface area contributed by atoms with E-state index < -0.39 is 0 Å². The normalized spacial score (nSPS) is 10.8. The molecule has 0 fully saturated rings. The van der Waals surface area contributed by atoms with Gasteiger partial charge in [0.1, 0.15) is 5.75 Å². The van der Waals surface area contributed by atoms with Crippen molar-refractivity contribution in [1.82, 2.24) is 4.98 Å². The molecule has 0 spiro atoms. The molecule has 122 valence electrons. The molecule has 0 unspecified atom stereocenters. The van der Waals surface area contributed by atoms with Crippen LogP contribution in [0.4, 0.5) is 0 Å².